The van der Waals surface area contributed by atoms with Gasteiger partial charge in [-0.05, 0) is 73.3 Å². The molecule has 0 aliphatic carbocycles. The molecule has 0 radical (unpaired) electrons. The summed E-state index contributed by atoms with van der Waals surface area (Å²) in [4.78, 5) is 20.0. The van der Waals surface area contributed by atoms with Gasteiger partial charge in [0.2, 0.25) is 0 Å². The zero-order valence-corrected chi connectivity index (χ0v) is 21.2. The molecule has 3 N–H and O–H groups in total. The van der Waals surface area contributed by atoms with Crippen LogP contribution in [-0.2, 0) is 6.54 Å². The minimum absolute atomic E-state index is 0. The van der Waals surface area contributed by atoms with Gasteiger partial charge in [-0.1, -0.05) is 42.5 Å². The fourth-order valence-electron chi connectivity index (χ4n) is 4.72. The fraction of sp³-hybridized carbons (Fsp3) is 0.241. The van der Waals surface area contributed by atoms with E-state index in [2.05, 4.69) is 27.3 Å². The second-order valence-corrected chi connectivity index (χ2v) is 9.35. The number of imidazole rings is 1. The van der Waals surface area contributed by atoms with Crippen molar-refractivity contribution in [2.75, 3.05) is 18.4 Å². The lowest BCUT2D eigenvalue weighted by atomic mass is 10.0. The topological polar surface area (TPSA) is 76.2 Å². The molecule has 3 aromatic carbocycles. The van der Waals surface area contributed by atoms with Crippen molar-refractivity contribution >= 4 is 24.0 Å². The highest BCUT2D eigenvalue weighted by molar-refractivity contribution is 6.05. The number of carbonyl (C=O) groups excluding carboxylic acids is 1. The molecule has 4 aromatic rings. The smallest absolute Gasteiger partial charge is 0.255 e. The average Bonchev–Trinajstić information content (AvgIpc) is 3.31. The Hall–Kier alpha value is -3.45. The highest BCUT2D eigenvalue weighted by Gasteiger charge is 2.18. The summed E-state index contributed by atoms with van der Waals surface area (Å²) in [6.07, 6.45) is 5.99. The number of benzene rings is 3. The number of amides is 1. The number of aryl methyl sites for hydroxylation is 1. The normalized spacial score (nSPS) is 15.8. The summed E-state index contributed by atoms with van der Waals surface area (Å²) >= 11 is 0. The van der Waals surface area contributed by atoms with E-state index in [9.17, 15) is 4.79 Å². The van der Waals surface area contributed by atoms with Gasteiger partial charge < -0.3 is 15.6 Å². The van der Waals surface area contributed by atoms with Gasteiger partial charge in [0.25, 0.3) is 5.91 Å². The number of anilines is 1. The number of nitrogens with one attached hydrogen (secondary N) is 1. The van der Waals surface area contributed by atoms with Crippen LogP contribution in [0.15, 0.2) is 85.3 Å². The van der Waals surface area contributed by atoms with Gasteiger partial charge in [-0.3, -0.25) is 9.69 Å². The van der Waals surface area contributed by atoms with Crippen molar-refractivity contribution in [2.45, 2.75) is 32.4 Å². The number of piperidine rings is 1. The van der Waals surface area contributed by atoms with Crippen LogP contribution < -0.4 is 11.1 Å². The van der Waals surface area contributed by atoms with Gasteiger partial charge in [0, 0.05) is 42.3 Å². The summed E-state index contributed by atoms with van der Waals surface area (Å²) in [5.41, 5.74) is 12.7. The van der Waals surface area contributed by atoms with Crippen molar-refractivity contribution in [3.8, 4) is 16.8 Å². The summed E-state index contributed by atoms with van der Waals surface area (Å²) < 4.78 is 1.99. The molecular formula is C29H32ClN5O. The minimum atomic E-state index is -0.132. The Morgan fingerprint density at radius 2 is 1.86 bits per heavy atom. The number of aromatic nitrogens is 2. The summed E-state index contributed by atoms with van der Waals surface area (Å²) in [6, 6.07) is 24.3. The van der Waals surface area contributed by atoms with E-state index in [1.165, 1.54) is 0 Å². The molecule has 0 saturated carbocycles. The number of hydrogen-bond acceptors (Lipinski definition) is 4. The maximum atomic E-state index is 13.2. The average molecular weight is 502 g/mol. The van der Waals surface area contributed by atoms with Crippen LogP contribution in [0.5, 0.6) is 0 Å². The summed E-state index contributed by atoms with van der Waals surface area (Å²) in [5.74, 6) is -0.132. The van der Waals surface area contributed by atoms with Crippen molar-refractivity contribution in [1.29, 1.82) is 0 Å². The SMILES string of the molecule is Cc1cn(-c2cc(CN3CCC[C@H](N)C3)cc(NC(=O)c3cccc(-c4ccccc4)c3)c2)cn1.Cl. The Kier molecular flexibility index (Phi) is 8.21. The summed E-state index contributed by atoms with van der Waals surface area (Å²) in [7, 11) is 0. The third-order valence-electron chi connectivity index (χ3n) is 6.43. The van der Waals surface area contributed by atoms with E-state index < -0.39 is 0 Å². The molecule has 36 heavy (non-hydrogen) atoms. The predicted molar refractivity (Wildman–Crippen MR) is 148 cm³/mol. The molecule has 1 aliphatic heterocycles. The van der Waals surface area contributed by atoms with Crippen LogP contribution in [-0.4, -0.2) is 39.5 Å². The van der Waals surface area contributed by atoms with Gasteiger partial charge in [-0.25, -0.2) is 4.98 Å². The number of likely N-dealkylation sites (tertiary alicyclic amines) is 1. The molecule has 6 nitrogen and oxygen atoms in total. The van der Waals surface area contributed by atoms with Gasteiger partial charge >= 0.3 is 0 Å². The van der Waals surface area contributed by atoms with Gasteiger partial charge in [0.1, 0.15) is 0 Å². The zero-order valence-electron chi connectivity index (χ0n) is 20.4. The molecular weight excluding hydrogens is 470 g/mol. The molecule has 1 aromatic heterocycles. The van der Waals surface area contributed by atoms with Crippen molar-refractivity contribution in [2.24, 2.45) is 5.73 Å². The number of carbonyl (C=O) groups is 1. The van der Waals surface area contributed by atoms with E-state index >= 15 is 0 Å². The number of rotatable bonds is 6. The Bertz CT molecular complexity index is 1320. The predicted octanol–water partition coefficient (Wildman–Crippen LogP) is 5.44. The van der Waals surface area contributed by atoms with Crippen LogP contribution in [0, 0.1) is 6.92 Å². The van der Waals surface area contributed by atoms with Crippen molar-refractivity contribution in [3.05, 3.63) is 102 Å². The molecule has 186 valence electrons. The lowest BCUT2D eigenvalue weighted by Gasteiger charge is -2.30. The summed E-state index contributed by atoms with van der Waals surface area (Å²) in [6.45, 7) is 4.69. The largest absolute Gasteiger partial charge is 0.327 e. The molecule has 0 bridgehead atoms. The third-order valence-corrected chi connectivity index (χ3v) is 6.43. The van der Waals surface area contributed by atoms with Gasteiger partial charge in [0.15, 0.2) is 0 Å². The molecule has 2 heterocycles. The lowest BCUT2D eigenvalue weighted by molar-refractivity contribution is 0.102. The minimum Gasteiger partial charge on any atom is -0.327 e. The standard InChI is InChI=1S/C29H31N5O.ClH/c1-21-17-34(20-31-21)28-14-22(18-33-12-6-11-26(30)19-33)13-27(16-28)32-29(35)25-10-5-9-24(15-25)23-7-3-2-4-8-23;/h2-5,7-10,13-17,20,26H,6,11-12,18-19,30H2,1H3,(H,32,35);1H/t26-;/m0./s1. The van der Waals surface area contributed by atoms with Crippen LogP contribution in [0.4, 0.5) is 5.69 Å². The second-order valence-electron chi connectivity index (χ2n) is 9.35. The molecule has 0 spiro atoms. The van der Waals surface area contributed by atoms with E-state index in [0.717, 1.165) is 66.2 Å². The van der Waals surface area contributed by atoms with Crippen molar-refractivity contribution in [1.82, 2.24) is 14.5 Å². The molecule has 0 unspecified atom stereocenters. The Labute approximate surface area is 218 Å². The maximum absolute atomic E-state index is 13.2. The maximum Gasteiger partial charge on any atom is 0.255 e. The second kappa shape index (κ2) is 11.5. The van der Waals surface area contributed by atoms with E-state index in [-0.39, 0.29) is 24.4 Å². The van der Waals surface area contributed by atoms with E-state index in [1.807, 2.05) is 78.4 Å². The third kappa shape index (κ3) is 6.21. The van der Waals surface area contributed by atoms with E-state index in [0.29, 0.717) is 5.56 Å². The molecule has 7 heteroatoms. The van der Waals surface area contributed by atoms with E-state index in [1.54, 1.807) is 6.33 Å². The number of nitrogens with two attached hydrogens (primary N) is 1. The van der Waals surface area contributed by atoms with Gasteiger partial charge in [-0.15, -0.1) is 12.4 Å². The monoisotopic (exact) mass is 501 g/mol. The molecule has 1 atom stereocenters. The van der Waals surface area contributed by atoms with Crippen molar-refractivity contribution < 1.29 is 4.79 Å². The van der Waals surface area contributed by atoms with Gasteiger partial charge in [0.05, 0.1) is 12.0 Å². The highest BCUT2D eigenvalue weighted by Crippen LogP contribution is 2.24. The first kappa shape index (κ1) is 25.6. The summed E-state index contributed by atoms with van der Waals surface area (Å²) in [5, 5.41) is 3.12. The number of halogens is 1. The zero-order chi connectivity index (χ0) is 24.2. The molecule has 1 amide bonds. The number of nitrogens with zero attached hydrogens (tertiary/aromatic N) is 3. The van der Waals surface area contributed by atoms with Crippen LogP contribution in [0.2, 0.25) is 0 Å². The first-order valence-electron chi connectivity index (χ1n) is 12.1. The van der Waals surface area contributed by atoms with E-state index in [4.69, 9.17) is 5.73 Å². The van der Waals surface area contributed by atoms with Gasteiger partial charge in [-0.2, -0.15) is 0 Å². The Morgan fingerprint density at radius 1 is 1.06 bits per heavy atom. The highest BCUT2D eigenvalue weighted by atomic mass is 35.5. The molecule has 5 rings (SSSR count). The van der Waals surface area contributed by atoms with Crippen LogP contribution in [0.1, 0.15) is 34.5 Å². The first-order valence-corrected chi connectivity index (χ1v) is 12.1. The number of hydrogen-bond donors (Lipinski definition) is 2. The molecule has 1 fully saturated rings. The first-order chi connectivity index (χ1) is 17.0. The Morgan fingerprint density at radius 3 is 2.61 bits per heavy atom. The van der Waals surface area contributed by atoms with Crippen LogP contribution in [0.25, 0.3) is 16.8 Å². The molecule has 1 aliphatic rings. The fourth-order valence-corrected chi connectivity index (χ4v) is 4.72. The van der Waals surface area contributed by atoms with Crippen LogP contribution in [0.3, 0.4) is 0 Å². The van der Waals surface area contributed by atoms with Crippen LogP contribution >= 0.6 is 12.4 Å². The lowest BCUT2D eigenvalue weighted by Crippen LogP contribution is -2.42. The quantitative estimate of drug-likeness (QED) is 0.368. The molecule has 1 saturated heterocycles. The van der Waals surface area contributed by atoms with Crippen molar-refractivity contribution in [3.63, 3.8) is 0 Å². The Balaban J connectivity index is 0.00000304.